The summed E-state index contributed by atoms with van der Waals surface area (Å²) in [5.74, 6) is 0.195. The molecule has 0 aromatic carbocycles. The number of nitrogens with zero attached hydrogens (tertiary/aromatic N) is 1. The van der Waals surface area contributed by atoms with Crippen molar-refractivity contribution < 1.29 is 14.3 Å². The van der Waals surface area contributed by atoms with Gasteiger partial charge in [0.15, 0.2) is 0 Å². The monoisotopic (exact) mass is 308 g/mol. The zero-order valence-electron chi connectivity index (χ0n) is 12.7. The van der Waals surface area contributed by atoms with Crippen LogP contribution in [0.15, 0.2) is 0 Å². The molecule has 1 aliphatic heterocycles. The summed E-state index contributed by atoms with van der Waals surface area (Å²) >= 11 is 0. The van der Waals surface area contributed by atoms with Crippen LogP contribution >= 0.6 is 12.4 Å². The average Bonchev–Trinajstić information content (AvgIpc) is 2.39. The molecule has 0 aromatic heterocycles. The van der Waals surface area contributed by atoms with Gasteiger partial charge < -0.3 is 20.1 Å². The highest BCUT2D eigenvalue weighted by Crippen LogP contribution is 2.14. The van der Waals surface area contributed by atoms with Crippen molar-refractivity contribution in [3.8, 4) is 0 Å². The molecule has 1 heterocycles. The lowest BCUT2D eigenvalue weighted by Gasteiger charge is -2.32. The molecule has 1 aliphatic rings. The van der Waals surface area contributed by atoms with Crippen molar-refractivity contribution in [2.24, 2.45) is 5.73 Å². The first-order valence-corrected chi connectivity index (χ1v) is 7.34. The van der Waals surface area contributed by atoms with E-state index in [1.807, 2.05) is 18.7 Å². The number of hydrogen-bond acceptors (Lipinski definition) is 4. The van der Waals surface area contributed by atoms with Crippen LogP contribution in [0, 0.1) is 0 Å². The minimum atomic E-state index is 0. The quantitative estimate of drug-likeness (QED) is 0.691. The second-order valence-electron chi connectivity index (χ2n) is 5.26. The Labute approximate surface area is 128 Å². The summed E-state index contributed by atoms with van der Waals surface area (Å²) in [7, 11) is 0. The number of piperidine rings is 1. The second-order valence-corrected chi connectivity index (χ2v) is 5.26. The zero-order valence-corrected chi connectivity index (χ0v) is 13.5. The van der Waals surface area contributed by atoms with Crippen molar-refractivity contribution in [2.75, 3.05) is 32.8 Å². The average molecular weight is 309 g/mol. The van der Waals surface area contributed by atoms with Gasteiger partial charge >= 0.3 is 0 Å². The molecule has 1 amide bonds. The molecule has 20 heavy (non-hydrogen) atoms. The SMILES string of the molecule is CC(C)OCCC(=O)N1CCC(OCCCN)CC1.Cl. The summed E-state index contributed by atoms with van der Waals surface area (Å²) in [6.07, 6.45) is 3.74. The number of ether oxygens (including phenoxy) is 2. The molecule has 1 rings (SSSR count). The molecule has 0 bridgehead atoms. The molecule has 0 aliphatic carbocycles. The van der Waals surface area contributed by atoms with Gasteiger partial charge in [-0.05, 0) is 39.7 Å². The van der Waals surface area contributed by atoms with Gasteiger partial charge in [0.2, 0.25) is 5.91 Å². The van der Waals surface area contributed by atoms with Gasteiger partial charge in [0, 0.05) is 19.7 Å². The largest absolute Gasteiger partial charge is 0.378 e. The standard InChI is InChI=1S/C14H28N2O3.ClH/c1-12(2)18-11-6-14(17)16-8-4-13(5-9-16)19-10-3-7-15;/h12-13H,3-11,15H2,1-2H3;1H. The molecular formula is C14H29ClN2O3. The van der Waals surface area contributed by atoms with Gasteiger partial charge in [-0.1, -0.05) is 0 Å². The minimum absolute atomic E-state index is 0. The molecule has 0 radical (unpaired) electrons. The summed E-state index contributed by atoms with van der Waals surface area (Å²) in [6.45, 7) is 7.48. The van der Waals surface area contributed by atoms with Crippen molar-refractivity contribution >= 4 is 18.3 Å². The van der Waals surface area contributed by atoms with Crippen molar-refractivity contribution in [1.29, 1.82) is 0 Å². The van der Waals surface area contributed by atoms with E-state index >= 15 is 0 Å². The number of rotatable bonds is 8. The van der Waals surface area contributed by atoms with E-state index in [-0.39, 0.29) is 24.4 Å². The Morgan fingerprint density at radius 2 is 1.95 bits per heavy atom. The van der Waals surface area contributed by atoms with Gasteiger partial charge in [-0.2, -0.15) is 0 Å². The smallest absolute Gasteiger partial charge is 0.224 e. The molecule has 0 spiro atoms. The van der Waals surface area contributed by atoms with Crippen LogP contribution in [0.4, 0.5) is 0 Å². The van der Waals surface area contributed by atoms with Crippen molar-refractivity contribution in [2.45, 2.75) is 51.7 Å². The summed E-state index contributed by atoms with van der Waals surface area (Å²) in [5.41, 5.74) is 5.43. The first-order chi connectivity index (χ1) is 9.13. The highest BCUT2D eigenvalue weighted by molar-refractivity contribution is 5.85. The lowest BCUT2D eigenvalue weighted by atomic mass is 10.1. The molecule has 0 saturated carbocycles. The highest BCUT2D eigenvalue weighted by atomic mass is 35.5. The van der Waals surface area contributed by atoms with Crippen LogP contribution in [-0.2, 0) is 14.3 Å². The van der Waals surface area contributed by atoms with E-state index in [9.17, 15) is 4.79 Å². The molecule has 0 atom stereocenters. The molecule has 120 valence electrons. The molecule has 0 unspecified atom stereocenters. The fourth-order valence-electron chi connectivity index (χ4n) is 2.15. The van der Waals surface area contributed by atoms with Gasteiger partial charge in [-0.3, -0.25) is 4.79 Å². The predicted molar refractivity (Wildman–Crippen MR) is 82.2 cm³/mol. The summed E-state index contributed by atoms with van der Waals surface area (Å²) in [6, 6.07) is 0. The van der Waals surface area contributed by atoms with Crippen LogP contribution in [-0.4, -0.2) is 55.9 Å². The van der Waals surface area contributed by atoms with Crippen molar-refractivity contribution in [1.82, 2.24) is 4.90 Å². The first kappa shape index (κ1) is 19.6. The lowest BCUT2D eigenvalue weighted by Crippen LogP contribution is -2.41. The minimum Gasteiger partial charge on any atom is -0.378 e. The predicted octanol–water partition coefficient (Wildman–Crippen LogP) is 1.58. The summed E-state index contributed by atoms with van der Waals surface area (Å²) < 4.78 is 11.1. The molecule has 0 aromatic rings. The zero-order chi connectivity index (χ0) is 14.1. The summed E-state index contributed by atoms with van der Waals surface area (Å²) in [5, 5.41) is 0. The molecule has 1 fully saturated rings. The van der Waals surface area contributed by atoms with Crippen LogP contribution < -0.4 is 5.73 Å². The third kappa shape index (κ3) is 8.04. The van der Waals surface area contributed by atoms with Gasteiger partial charge in [-0.25, -0.2) is 0 Å². The fraction of sp³-hybridized carbons (Fsp3) is 0.929. The number of hydrogen-bond donors (Lipinski definition) is 1. The maximum absolute atomic E-state index is 11.9. The fourth-order valence-corrected chi connectivity index (χ4v) is 2.15. The molecule has 1 saturated heterocycles. The van der Waals surface area contributed by atoms with Crippen LogP contribution in [0.2, 0.25) is 0 Å². The van der Waals surface area contributed by atoms with E-state index < -0.39 is 0 Å². The normalized spacial score (nSPS) is 16.3. The summed E-state index contributed by atoms with van der Waals surface area (Å²) in [4.78, 5) is 13.9. The van der Waals surface area contributed by atoms with E-state index in [1.165, 1.54) is 0 Å². The van der Waals surface area contributed by atoms with E-state index in [0.717, 1.165) is 39.0 Å². The van der Waals surface area contributed by atoms with Gasteiger partial charge in [0.1, 0.15) is 0 Å². The second kappa shape index (κ2) is 11.3. The Morgan fingerprint density at radius 3 is 2.50 bits per heavy atom. The van der Waals surface area contributed by atoms with Gasteiger partial charge in [0.05, 0.1) is 25.2 Å². The third-order valence-electron chi connectivity index (χ3n) is 3.26. The van der Waals surface area contributed by atoms with Gasteiger partial charge in [0.25, 0.3) is 0 Å². The third-order valence-corrected chi connectivity index (χ3v) is 3.26. The number of carbonyl (C=O) groups is 1. The number of halogens is 1. The number of likely N-dealkylation sites (tertiary alicyclic amines) is 1. The number of amides is 1. The Bertz CT molecular complexity index is 257. The van der Waals surface area contributed by atoms with E-state index in [2.05, 4.69) is 0 Å². The van der Waals surface area contributed by atoms with E-state index in [1.54, 1.807) is 0 Å². The number of nitrogens with two attached hydrogens (primary N) is 1. The molecule has 6 heteroatoms. The van der Waals surface area contributed by atoms with E-state index in [0.29, 0.717) is 25.7 Å². The van der Waals surface area contributed by atoms with Crippen molar-refractivity contribution in [3.05, 3.63) is 0 Å². The number of carbonyl (C=O) groups excluding carboxylic acids is 1. The Morgan fingerprint density at radius 1 is 1.30 bits per heavy atom. The molecule has 2 N–H and O–H groups in total. The van der Waals surface area contributed by atoms with Crippen LogP contribution in [0.3, 0.4) is 0 Å². The first-order valence-electron chi connectivity index (χ1n) is 7.34. The Balaban J connectivity index is 0.00000361. The molecular weight excluding hydrogens is 280 g/mol. The topological polar surface area (TPSA) is 64.8 Å². The maximum Gasteiger partial charge on any atom is 0.224 e. The molecule has 5 nitrogen and oxygen atoms in total. The maximum atomic E-state index is 11.9. The highest BCUT2D eigenvalue weighted by Gasteiger charge is 2.22. The Hall–Kier alpha value is -0.360. The van der Waals surface area contributed by atoms with Crippen LogP contribution in [0.25, 0.3) is 0 Å². The lowest BCUT2D eigenvalue weighted by molar-refractivity contribution is -0.135. The van der Waals surface area contributed by atoms with E-state index in [4.69, 9.17) is 15.2 Å². The van der Waals surface area contributed by atoms with Gasteiger partial charge in [-0.15, -0.1) is 12.4 Å². The van der Waals surface area contributed by atoms with Crippen LogP contribution in [0.5, 0.6) is 0 Å². The van der Waals surface area contributed by atoms with Crippen LogP contribution in [0.1, 0.15) is 39.5 Å². The Kier molecular flexibility index (Phi) is 11.1. The van der Waals surface area contributed by atoms with Crippen molar-refractivity contribution in [3.63, 3.8) is 0 Å².